The van der Waals surface area contributed by atoms with E-state index in [1.54, 1.807) is 26.2 Å². The van der Waals surface area contributed by atoms with Gasteiger partial charge in [-0.25, -0.2) is 4.79 Å². The summed E-state index contributed by atoms with van der Waals surface area (Å²) in [5.74, 6) is -0.0865. The second kappa shape index (κ2) is 11.8. The fraction of sp³-hybridized carbons (Fsp3) is 0.345. The molecule has 0 saturated carbocycles. The third kappa shape index (κ3) is 7.41. The molecule has 0 aliphatic heterocycles. The van der Waals surface area contributed by atoms with Crippen LogP contribution < -0.4 is 19.5 Å². The molecule has 0 saturated heterocycles. The number of halogens is 3. The summed E-state index contributed by atoms with van der Waals surface area (Å²) in [5, 5.41) is 12.7. The van der Waals surface area contributed by atoms with Crippen molar-refractivity contribution in [3.63, 3.8) is 0 Å². The maximum absolute atomic E-state index is 13.7. The van der Waals surface area contributed by atoms with E-state index in [1.165, 1.54) is 26.0 Å². The topological polar surface area (TPSA) is 77.0 Å². The van der Waals surface area contributed by atoms with Crippen LogP contribution in [0.4, 0.5) is 13.2 Å². The minimum atomic E-state index is -4.58. The van der Waals surface area contributed by atoms with Gasteiger partial charge in [-0.05, 0) is 86.3 Å². The quantitative estimate of drug-likeness (QED) is 0.270. The number of carboxylic acid groups (broad SMARTS) is 1. The first-order valence-corrected chi connectivity index (χ1v) is 12.1. The fourth-order valence-electron chi connectivity index (χ4n) is 3.69. The smallest absolute Gasteiger partial charge is 0.416 e. The minimum absolute atomic E-state index is 0.0215. The minimum Gasteiger partial charge on any atom is -0.497 e. The number of hydrogen-bond acceptors (Lipinski definition) is 5. The maximum Gasteiger partial charge on any atom is 0.416 e. The van der Waals surface area contributed by atoms with Crippen molar-refractivity contribution in [1.82, 2.24) is 5.32 Å². The molecule has 9 heteroatoms. The average molecular weight is 532 g/mol. The first-order valence-electron chi connectivity index (χ1n) is 12.1. The molecule has 0 aliphatic carbocycles. The summed E-state index contributed by atoms with van der Waals surface area (Å²) in [7, 11) is 1.59. The summed E-state index contributed by atoms with van der Waals surface area (Å²) in [4.78, 5) is 11.5. The van der Waals surface area contributed by atoms with Gasteiger partial charge in [0.05, 0.1) is 12.7 Å². The molecule has 0 amide bonds. The van der Waals surface area contributed by atoms with Gasteiger partial charge in [0.1, 0.15) is 23.9 Å². The highest BCUT2D eigenvalue weighted by Crippen LogP contribution is 2.37. The predicted molar refractivity (Wildman–Crippen MR) is 139 cm³/mol. The summed E-state index contributed by atoms with van der Waals surface area (Å²) < 4.78 is 57.7. The number of methoxy groups -OCH3 is 1. The Morgan fingerprint density at radius 3 is 2.39 bits per heavy atom. The molecule has 0 radical (unpaired) electrons. The first-order chi connectivity index (χ1) is 17.8. The van der Waals surface area contributed by atoms with Gasteiger partial charge in [-0.15, -0.1) is 0 Å². The zero-order chi connectivity index (χ0) is 28.1. The summed E-state index contributed by atoms with van der Waals surface area (Å²) in [6.45, 7) is 7.06. The van der Waals surface area contributed by atoms with E-state index >= 15 is 0 Å². The summed E-state index contributed by atoms with van der Waals surface area (Å²) in [6.07, 6.45) is -4.58. The number of aliphatic carboxylic acids is 1. The first kappa shape index (κ1) is 28.8. The lowest BCUT2D eigenvalue weighted by Gasteiger charge is -2.23. The van der Waals surface area contributed by atoms with Gasteiger partial charge >= 0.3 is 12.1 Å². The van der Waals surface area contributed by atoms with E-state index in [-0.39, 0.29) is 29.7 Å². The number of nitrogens with one attached hydrogen (secondary N) is 1. The number of ether oxygens (including phenoxy) is 3. The molecule has 0 bridgehead atoms. The molecular formula is C29H32F3NO5. The van der Waals surface area contributed by atoms with Gasteiger partial charge in [-0.3, -0.25) is 0 Å². The van der Waals surface area contributed by atoms with Crippen LogP contribution in [0.25, 0.3) is 11.1 Å². The van der Waals surface area contributed by atoms with Crippen molar-refractivity contribution in [3.8, 4) is 28.4 Å². The third-order valence-electron chi connectivity index (χ3n) is 6.05. The Morgan fingerprint density at radius 2 is 1.74 bits per heavy atom. The molecule has 3 aromatic carbocycles. The SMILES string of the molecule is COc1cccc([C@@H](C)NCCOc2cc(-c3ccc(C)c(OC(C)(C)C(=O)O)c3)cc(C(F)(F)F)c2)c1. The molecule has 3 rings (SSSR count). The van der Waals surface area contributed by atoms with Crippen LogP contribution in [0, 0.1) is 6.92 Å². The van der Waals surface area contributed by atoms with E-state index in [2.05, 4.69) is 5.32 Å². The van der Waals surface area contributed by atoms with Crippen LogP contribution in [0.5, 0.6) is 17.2 Å². The van der Waals surface area contributed by atoms with Gasteiger partial charge in [0, 0.05) is 12.6 Å². The Balaban J connectivity index is 1.79. The summed E-state index contributed by atoms with van der Waals surface area (Å²) in [5.41, 5.74) is 0.00657. The molecule has 38 heavy (non-hydrogen) atoms. The van der Waals surface area contributed by atoms with E-state index in [1.807, 2.05) is 31.2 Å². The average Bonchev–Trinajstić information content (AvgIpc) is 2.87. The number of alkyl halides is 3. The Morgan fingerprint density at radius 1 is 1.00 bits per heavy atom. The number of carbonyl (C=O) groups is 1. The van der Waals surface area contributed by atoms with Crippen molar-refractivity contribution in [1.29, 1.82) is 0 Å². The number of rotatable bonds is 11. The van der Waals surface area contributed by atoms with Crippen molar-refractivity contribution in [3.05, 3.63) is 77.4 Å². The van der Waals surface area contributed by atoms with Crippen molar-refractivity contribution < 1.29 is 37.3 Å². The number of aryl methyl sites for hydroxylation is 1. The molecule has 0 fully saturated rings. The van der Waals surface area contributed by atoms with Crippen LogP contribution in [-0.4, -0.2) is 36.9 Å². The number of carboxylic acids is 1. The fourth-order valence-corrected chi connectivity index (χ4v) is 3.69. The molecule has 204 valence electrons. The van der Waals surface area contributed by atoms with Crippen LogP contribution in [0.1, 0.15) is 43.5 Å². The number of benzene rings is 3. The van der Waals surface area contributed by atoms with Gasteiger partial charge in [-0.1, -0.05) is 24.3 Å². The molecule has 6 nitrogen and oxygen atoms in total. The van der Waals surface area contributed by atoms with Crippen molar-refractivity contribution >= 4 is 5.97 Å². The van der Waals surface area contributed by atoms with Gasteiger partial charge in [0.2, 0.25) is 0 Å². The Hall–Kier alpha value is -3.72. The van der Waals surface area contributed by atoms with Gasteiger partial charge in [0.25, 0.3) is 0 Å². The zero-order valence-corrected chi connectivity index (χ0v) is 22.0. The normalized spacial score (nSPS) is 12.6. The standard InChI is InChI=1S/C29H32F3NO5/c1-18-9-10-21(16-26(18)38-28(3,4)27(34)35)22-13-23(29(30,31)32)17-25(15-22)37-12-11-33-19(2)20-7-6-8-24(14-20)36-5/h6-10,13-17,19,33H,11-12H2,1-5H3,(H,34,35)/t19-/m1/s1. The van der Waals surface area contributed by atoms with Crippen LogP contribution in [0.15, 0.2) is 60.7 Å². The van der Waals surface area contributed by atoms with Crippen LogP contribution in [-0.2, 0) is 11.0 Å². The van der Waals surface area contributed by atoms with E-state index in [4.69, 9.17) is 14.2 Å². The Bertz CT molecular complexity index is 1270. The van der Waals surface area contributed by atoms with E-state index < -0.39 is 23.3 Å². The summed E-state index contributed by atoms with van der Waals surface area (Å²) in [6, 6.07) is 16.0. The zero-order valence-electron chi connectivity index (χ0n) is 22.0. The molecular weight excluding hydrogens is 499 g/mol. The number of hydrogen-bond donors (Lipinski definition) is 2. The van der Waals surface area contributed by atoms with E-state index in [9.17, 15) is 23.1 Å². The summed E-state index contributed by atoms with van der Waals surface area (Å²) >= 11 is 0. The van der Waals surface area contributed by atoms with E-state index in [0.717, 1.165) is 23.4 Å². The highest BCUT2D eigenvalue weighted by atomic mass is 19.4. The molecule has 0 heterocycles. The van der Waals surface area contributed by atoms with Crippen molar-refractivity contribution in [2.24, 2.45) is 0 Å². The van der Waals surface area contributed by atoms with Gasteiger partial charge in [0.15, 0.2) is 5.60 Å². The van der Waals surface area contributed by atoms with E-state index in [0.29, 0.717) is 17.7 Å². The highest BCUT2D eigenvalue weighted by Gasteiger charge is 2.32. The molecule has 0 unspecified atom stereocenters. The van der Waals surface area contributed by atoms with Gasteiger partial charge in [-0.2, -0.15) is 13.2 Å². The molecule has 0 spiro atoms. The second-order valence-corrected chi connectivity index (χ2v) is 9.44. The molecule has 0 aliphatic rings. The Kier molecular flexibility index (Phi) is 8.93. The lowest BCUT2D eigenvalue weighted by atomic mass is 10.00. The third-order valence-corrected chi connectivity index (χ3v) is 6.05. The maximum atomic E-state index is 13.7. The molecule has 1 atom stereocenters. The molecule has 3 aromatic rings. The largest absolute Gasteiger partial charge is 0.497 e. The Labute approximate surface area is 220 Å². The predicted octanol–water partition coefficient (Wildman–Crippen LogP) is 6.66. The van der Waals surface area contributed by atoms with Crippen molar-refractivity contribution in [2.45, 2.75) is 45.5 Å². The second-order valence-electron chi connectivity index (χ2n) is 9.44. The van der Waals surface area contributed by atoms with Crippen LogP contribution >= 0.6 is 0 Å². The lowest BCUT2D eigenvalue weighted by Crippen LogP contribution is -2.38. The molecule has 2 N–H and O–H groups in total. The van der Waals surface area contributed by atoms with Crippen LogP contribution in [0.2, 0.25) is 0 Å². The monoisotopic (exact) mass is 531 g/mol. The van der Waals surface area contributed by atoms with Crippen molar-refractivity contribution in [2.75, 3.05) is 20.3 Å². The highest BCUT2D eigenvalue weighted by molar-refractivity contribution is 5.77. The van der Waals surface area contributed by atoms with Crippen LogP contribution in [0.3, 0.4) is 0 Å². The molecule has 0 aromatic heterocycles. The van der Waals surface area contributed by atoms with Gasteiger partial charge < -0.3 is 24.6 Å². The lowest BCUT2D eigenvalue weighted by molar-refractivity contribution is -0.152.